The molecule has 0 saturated carbocycles. The zero-order valence-corrected chi connectivity index (χ0v) is 19.2. The highest BCUT2D eigenvalue weighted by Gasteiger charge is 2.21. The van der Waals surface area contributed by atoms with Gasteiger partial charge in [0.05, 0.1) is 37.0 Å². The van der Waals surface area contributed by atoms with E-state index in [-0.39, 0.29) is 25.5 Å². The molecule has 2 aromatic carbocycles. The standard InChI is InChI=1S/C24H19ClN2O5S/c1-2-31-24(29)15-7-16(21-17(8-15)10-30-13-32-21)9-27-12-26-22-20(23(27)28)19(11-33-22)14-3-5-18(25)6-4-14/h3-8,11-12H,2,9-10,13H2,1H3. The van der Waals surface area contributed by atoms with Crippen LogP contribution in [0.15, 0.2) is 52.9 Å². The Kier molecular flexibility index (Phi) is 5.88. The molecule has 7 nitrogen and oxygen atoms in total. The van der Waals surface area contributed by atoms with Gasteiger partial charge in [0.1, 0.15) is 10.6 Å². The van der Waals surface area contributed by atoms with Crippen LogP contribution >= 0.6 is 22.9 Å². The third-order valence-electron chi connectivity index (χ3n) is 5.35. The summed E-state index contributed by atoms with van der Waals surface area (Å²) in [6.45, 7) is 2.63. The van der Waals surface area contributed by atoms with E-state index in [9.17, 15) is 9.59 Å². The number of carbonyl (C=O) groups excluding carboxylic acids is 1. The van der Waals surface area contributed by atoms with Crippen molar-refractivity contribution in [2.24, 2.45) is 0 Å². The van der Waals surface area contributed by atoms with Gasteiger partial charge in [-0.2, -0.15) is 0 Å². The lowest BCUT2D eigenvalue weighted by molar-refractivity contribution is -0.0171. The zero-order chi connectivity index (χ0) is 22.9. The number of benzene rings is 2. The SMILES string of the molecule is CCOC(=O)c1cc2c(c(Cn3cnc4scc(-c5ccc(Cl)cc5)c4c3=O)c1)OCOC2. The highest BCUT2D eigenvalue weighted by atomic mass is 35.5. The van der Waals surface area contributed by atoms with Crippen LogP contribution in [0.3, 0.4) is 0 Å². The fraction of sp³-hybridized carbons (Fsp3) is 0.208. The molecule has 0 saturated heterocycles. The lowest BCUT2D eigenvalue weighted by atomic mass is 10.0. The number of fused-ring (bicyclic) bond motifs is 2. The topological polar surface area (TPSA) is 79.7 Å². The van der Waals surface area contributed by atoms with Gasteiger partial charge in [0.2, 0.25) is 0 Å². The summed E-state index contributed by atoms with van der Waals surface area (Å²) in [5.41, 5.74) is 3.34. The third-order valence-corrected chi connectivity index (χ3v) is 6.49. The summed E-state index contributed by atoms with van der Waals surface area (Å²) in [5, 5.41) is 3.10. The molecule has 9 heteroatoms. The van der Waals surface area contributed by atoms with Gasteiger partial charge in [-0.1, -0.05) is 23.7 Å². The molecule has 3 heterocycles. The molecule has 0 bridgehead atoms. The molecule has 168 valence electrons. The lowest BCUT2D eigenvalue weighted by Crippen LogP contribution is -2.23. The van der Waals surface area contributed by atoms with Gasteiger partial charge in [-0.3, -0.25) is 9.36 Å². The minimum atomic E-state index is -0.434. The van der Waals surface area contributed by atoms with Gasteiger partial charge in [-0.05, 0) is 36.8 Å². The van der Waals surface area contributed by atoms with Crippen molar-refractivity contribution in [1.82, 2.24) is 9.55 Å². The Morgan fingerprint density at radius 2 is 2.09 bits per heavy atom. The Labute approximate surface area is 198 Å². The molecule has 0 radical (unpaired) electrons. The number of halogens is 1. The molecule has 0 aliphatic carbocycles. The second-order valence-corrected chi connectivity index (χ2v) is 8.76. The van der Waals surface area contributed by atoms with Gasteiger partial charge < -0.3 is 14.2 Å². The first kappa shape index (κ1) is 21.6. The van der Waals surface area contributed by atoms with E-state index in [2.05, 4.69) is 4.98 Å². The average Bonchev–Trinajstić information content (AvgIpc) is 3.26. The van der Waals surface area contributed by atoms with Crippen LogP contribution in [0.1, 0.15) is 28.4 Å². The Bertz CT molecular complexity index is 1410. The second-order valence-electron chi connectivity index (χ2n) is 7.47. The maximum absolute atomic E-state index is 13.5. The van der Waals surface area contributed by atoms with Crippen LogP contribution in [0.25, 0.3) is 21.3 Å². The molecule has 1 aliphatic heterocycles. The summed E-state index contributed by atoms with van der Waals surface area (Å²) in [7, 11) is 0. The Morgan fingerprint density at radius 3 is 2.88 bits per heavy atom. The number of rotatable bonds is 5. The van der Waals surface area contributed by atoms with Crippen LogP contribution in [-0.2, 0) is 22.6 Å². The van der Waals surface area contributed by atoms with Crippen molar-refractivity contribution < 1.29 is 19.0 Å². The first-order chi connectivity index (χ1) is 16.0. The van der Waals surface area contributed by atoms with Gasteiger partial charge in [-0.25, -0.2) is 9.78 Å². The number of hydrogen-bond donors (Lipinski definition) is 0. The van der Waals surface area contributed by atoms with E-state index in [4.69, 9.17) is 25.8 Å². The van der Waals surface area contributed by atoms with Crippen LogP contribution in [0, 0.1) is 0 Å². The quantitative estimate of drug-likeness (QED) is 0.377. The molecule has 33 heavy (non-hydrogen) atoms. The summed E-state index contributed by atoms with van der Waals surface area (Å²) < 4.78 is 17.8. The summed E-state index contributed by atoms with van der Waals surface area (Å²) in [4.78, 5) is 31.0. The Balaban J connectivity index is 1.59. The van der Waals surface area contributed by atoms with Gasteiger partial charge >= 0.3 is 5.97 Å². The number of carbonyl (C=O) groups is 1. The minimum absolute atomic E-state index is 0.107. The van der Waals surface area contributed by atoms with Crippen molar-refractivity contribution in [3.05, 3.63) is 80.2 Å². The second kappa shape index (κ2) is 8.97. The molecular weight excluding hydrogens is 464 g/mol. The van der Waals surface area contributed by atoms with Gasteiger partial charge in [-0.15, -0.1) is 11.3 Å². The number of aromatic nitrogens is 2. The van der Waals surface area contributed by atoms with Crippen LogP contribution in [0.2, 0.25) is 5.02 Å². The number of nitrogens with zero attached hydrogens (tertiary/aromatic N) is 2. The molecule has 0 atom stereocenters. The summed E-state index contributed by atoms with van der Waals surface area (Å²) >= 11 is 7.44. The Hall–Kier alpha value is -3.20. The maximum Gasteiger partial charge on any atom is 0.338 e. The molecule has 5 rings (SSSR count). The molecule has 0 unspecified atom stereocenters. The number of esters is 1. The summed E-state index contributed by atoms with van der Waals surface area (Å²) in [6, 6.07) is 10.8. The maximum atomic E-state index is 13.5. The molecule has 2 aromatic heterocycles. The van der Waals surface area contributed by atoms with E-state index in [1.807, 2.05) is 17.5 Å². The summed E-state index contributed by atoms with van der Waals surface area (Å²) in [6.07, 6.45) is 1.52. The van der Waals surface area contributed by atoms with Crippen LogP contribution in [0.5, 0.6) is 5.75 Å². The molecule has 1 aliphatic rings. The van der Waals surface area contributed by atoms with Crippen molar-refractivity contribution in [3.63, 3.8) is 0 Å². The lowest BCUT2D eigenvalue weighted by Gasteiger charge is -2.22. The van der Waals surface area contributed by atoms with Crippen molar-refractivity contribution >= 4 is 39.1 Å². The molecule has 0 amide bonds. The fourth-order valence-corrected chi connectivity index (χ4v) is 4.89. The van der Waals surface area contributed by atoms with E-state index >= 15 is 0 Å². The van der Waals surface area contributed by atoms with Gasteiger partial charge in [0.25, 0.3) is 5.56 Å². The molecule has 0 fully saturated rings. The van der Waals surface area contributed by atoms with E-state index in [0.717, 1.165) is 16.7 Å². The highest BCUT2D eigenvalue weighted by molar-refractivity contribution is 7.17. The molecule has 4 aromatic rings. The largest absolute Gasteiger partial charge is 0.467 e. The first-order valence-corrected chi connectivity index (χ1v) is 11.6. The van der Waals surface area contributed by atoms with Crippen molar-refractivity contribution in [2.45, 2.75) is 20.1 Å². The third kappa shape index (κ3) is 4.13. The van der Waals surface area contributed by atoms with Crippen molar-refractivity contribution in [3.8, 4) is 16.9 Å². The normalized spacial score (nSPS) is 12.9. The summed E-state index contributed by atoms with van der Waals surface area (Å²) in [5.74, 6) is 0.181. The van der Waals surface area contributed by atoms with Crippen molar-refractivity contribution in [1.29, 1.82) is 0 Å². The monoisotopic (exact) mass is 482 g/mol. The highest BCUT2D eigenvalue weighted by Crippen LogP contribution is 2.33. The fourth-order valence-electron chi connectivity index (χ4n) is 3.85. The minimum Gasteiger partial charge on any atom is -0.467 e. The zero-order valence-electron chi connectivity index (χ0n) is 17.7. The van der Waals surface area contributed by atoms with E-state index in [1.165, 1.54) is 22.2 Å². The number of thiophene rings is 1. The van der Waals surface area contributed by atoms with Crippen LogP contribution in [-0.4, -0.2) is 28.9 Å². The van der Waals surface area contributed by atoms with Gasteiger partial charge in [0.15, 0.2) is 6.79 Å². The Morgan fingerprint density at radius 1 is 1.27 bits per heavy atom. The van der Waals surface area contributed by atoms with Gasteiger partial charge in [0, 0.05) is 27.1 Å². The molecule has 0 N–H and O–H groups in total. The first-order valence-electron chi connectivity index (χ1n) is 10.3. The predicted octanol–water partition coefficient (Wildman–Crippen LogP) is 4.87. The number of hydrogen-bond acceptors (Lipinski definition) is 7. The molecule has 0 spiro atoms. The van der Waals surface area contributed by atoms with E-state index in [0.29, 0.717) is 38.7 Å². The number of ether oxygens (including phenoxy) is 3. The van der Waals surface area contributed by atoms with Crippen LogP contribution < -0.4 is 10.3 Å². The van der Waals surface area contributed by atoms with Crippen LogP contribution in [0.4, 0.5) is 0 Å². The smallest absolute Gasteiger partial charge is 0.338 e. The van der Waals surface area contributed by atoms with E-state index in [1.54, 1.807) is 31.2 Å². The predicted molar refractivity (Wildman–Crippen MR) is 126 cm³/mol. The average molecular weight is 483 g/mol. The van der Waals surface area contributed by atoms with E-state index < -0.39 is 5.97 Å². The van der Waals surface area contributed by atoms with Crippen molar-refractivity contribution in [2.75, 3.05) is 13.4 Å². The molecular formula is C24H19ClN2O5S.